The van der Waals surface area contributed by atoms with E-state index in [1.807, 2.05) is 49.6 Å². The number of hydrogen-bond acceptors (Lipinski definition) is 6. The van der Waals surface area contributed by atoms with E-state index < -0.39 is 11.4 Å². The van der Waals surface area contributed by atoms with E-state index in [-0.39, 0.29) is 16.8 Å². The van der Waals surface area contributed by atoms with Gasteiger partial charge in [-0.15, -0.1) is 5.23 Å². The van der Waals surface area contributed by atoms with Crippen molar-refractivity contribution in [3.8, 4) is 11.4 Å². The van der Waals surface area contributed by atoms with Crippen molar-refractivity contribution < 1.29 is 20.0 Å². The number of aryl methyl sites for hydroxylation is 1. The number of nitrogens with zero attached hydrogens (tertiary/aromatic N) is 3. The topological polar surface area (TPSA) is 120 Å². The second kappa shape index (κ2) is 11.1. The minimum Gasteiger partial charge on any atom is -0.342 e. The summed E-state index contributed by atoms with van der Waals surface area (Å²) >= 11 is 0. The van der Waals surface area contributed by atoms with E-state index in [2.05, 4.69) is 20.2 Å². The van der Waals surface area contributed by atoms with Crippen molar-refractivity contribution in [2.24, 2.45) is 7.05 Å². The lowest BCUT2D eigenvalue weighted by Crippen LogP contribution is -2.52. The molecule has 0 radical (unpaired) electrons. The van der Waals surface area contributed by atoms with Crippen LogP contribution in [0, 0.1) is 0 Å². The van der Waals surface area contributed by atoms with Gasteiger partial charge in [0.05, 0.1) is 17.1 Å². The Morgan fingerprint density at radius 3 is 2.38 bits per heavy atom. The van der Waals surface area contributed by atoms with Crippen LogP contribution in [-0.4, -0.2) is 37.3 Å². The molecular formula is C31H35N5O4. The van der Waals surface area contributed by atoms with E-state index in [1.54, 1.807) is 13.8 Å². The zero-order valence-electron chi connectivity index (χ0n) is 23.0. The number of hydrogen-bond donors (Lipinski definition) is 4. The summed E-state index contributed by atoms with van der Waals surface area (Å²) in [6.45, 7) is 3.28. The molecule has 0 atom stereocenters. The van der Waals surface area contributed by atoms with Crippen LogP contribution in [0.3, 0.4) is 0 Å². The number of pyridine rings is 1. The van der Waals surface area contributed by atoms with Gasteiger partial charge >= 0.3 is 0 Å². The van der Waals surface area contributed by atoms with Gasteiger partial charge in [0, 0.05) is 35.4 Å². The highest BCUT2D eigenvalue weighted by molar-refractivity contribution is 6.05. The van der Waals surface area contributed by atoms with Crippen LogP contribution in [0.15, 0.2) is 66.9 Å². The van der Waals surface area contributed by atoms with Crippen LogP contribution in [0.25, 0.3) is 22.3 Å². The third kappa shape index (κ3) is 5.43. The summed E-state index contributed by atoms with van der Waals surface area (Å²) in [7, 11) is 2.02. The predicted octanol–water partition coefficient (Wildman–Crippen LogP) is 6.02. The van der Waals surface area contributed by atoms with Gasteiger partial charge in [0.15, 0.2) is 0 Å². The minimum atomic E-state index is -1.22. The Kier molecular flexibility index (Phi) is 7.60. The molecule has 9 nitrogen and oxygen atoms in total. The lowest BCUT2D eigenvalue weighted by molar-refractivity contribution is -0.120. The van der Waals surface area contributed by atoms with E-state index in [1.165, 1.54) is 49.1 Å². The first kappa shape index (κ1) is 27.4. The molecule has 2 aromatic heterocycles. The van der Waals surface area contributed by atoms with Gasteiger partial charge in [0.25, 0.3) is 5.91 Å². The van der Waals surface area contributed by atoms with E-state index >= 15 is 0 Å². The largest absolute Gasteiger partial charge is 0.342 e. The van der Waals surface area contributed by atoms with Gasteiger partial charge in [-0.1, -0.05) is 31.4 Å². The number of benzene rings is 2. The van der Waals surface area contributed by atoms with Gasteiger partial charge in [0.2, 0.25) is 5.91 Å². The van der Waals surface area contributed by atoms with Crippen molar-refractivity contribution in [1.82, 2.24) is 14.9 Å². The van der Waals surface area contributed by atoms with Crippen LogP contribution in [0.1, 0.15) is 67.8 Å². The summed E-state index contributed by atoms with van der Waals surface area (Å²) in [5.41, 5.74) is 4.13. The average Bonchev–Trinajstić information content (AvgIpc) is 3.25. The smallest absolute Gasteiger partial charge is 0.252 e. The Morgan fingerprint density at radius 1 is 1.00 bits per heavy atom. The van der Waals surface area contributed by atoms with Crippen molar-refractivity contribution in [1.29, 1.82) is 0 Å². The van der Waals surface area contributed by atoms with Gasteiger partial charge in [-0.25, -0.2) is 0 Å². The van der Waals surface area contributed by atoms with E-state index in [9.17, 15) is 9.59 Å². The lowest BCUT2D eigenvalue weighted by atomic mass is 9.82. The number of amides is 2. The summed E-state index contributed by atoms with van der Waals surface area (Å²) in [5.74, 6) is -0.313. The van der Waals surface area contributed by atoms with Crippen LogP contribution in [-0.2, 0) is 11.8 Å². The van der Waals surface area contributed by atoms with Crippen molar-refractivity contribution in [3.63, 3.8) is 0 Å². The summed E-state index contributed by atoms with van der Waals surface area (Å²) < 4.78 is 2.14. The third-order valence-corrected chi connectivity index (χ3v) is 7.77. The molecule has 2 heterocycles. The maximum Gasteiger partial charge on any atom is 0.252 e. The molecule has 4 N–H and O–H groups in total. The molecule has 0 saturated heterocycles. The fourth-order valence-electron chi connectivity index (χ4n) is 5.60. The first-order valence-corrected chi connectivity index (χ1v) is 13.6. The molecule has 0 aliphatic heterocycles. The molecule has 5 rings (SSSR count). The SMILES string of the molecule is Cn1c(-c2ccccn2)c(C2CCCCC2)c2ccc(C(=O)NC(C)(C)C(=O)Nc3ccc(N(O)O)cc3)cc21. The molecule has 4 aromatic rings. The lowest BCUT2D eigenvalue weighted by Gasteiger charge is -2.25. The summed E-state index contributed by atoms with van der Waals surface area (Å²) in [6, 6.07) is 17.7. The first-order chi connectivity index (χ1) is 19.2. The average molecular weight is 542 g/mol. The highest BCUT2D eigenvalue weighted by Gasteiger charge is 2.31. The Morgan fingerprint density at radius 2 is 1.73 bits per heavy atom. The summed E-state index contributed by atoms with van der Waals surface area (Å²) in [4.78, 5) is 31.1. The molecule has 0 unspecified atom stereocenters. The van der Waals surface area contributed by atoms with E-state index in [0.717, 1.165) is 35.1 Å². The number of carbonyl (C=O) groups excluding carboxylic acids is 2. The molecule has 208 valence electrons. The normalized spacial score (nSPS) is 14.2. The van der Waals surface area contributed by atoms with Gasteiger partial charge in [-0.2, -0.15) is 0 Å². The highest BCUT2D eigenvalue weighted by Crippen LogP contribution is 2.43. The van der Waals surface area contributed by atoms with Crippen LogP contribution in [0.5, 0.6) is 0 Å². The number of aromatic nitrogens is 2. The minimum absolute atomic E-state index is 0.00322. The number of carbonyl (C=O) groups is 2. The Balaban J connectivity index is 1.42. The third-order valence-electron chi connectivity index (χ3n) is 7.77. The Hall–Kier alpha value is -4.21. The molecule has 2 aromatic carbocycles. The van der Waals surface area contributed by atoms with E-state index in [0.29, 0.717) is 17.2 Å². The monoisotopic (exact) mass is 541 g/mol. The molecule has 40 heavy (non-hydrogen) atoms. The predicted molar refractivity (Wildman–Crippen MR) is 155 cm³/mol. The van der Waals surface area contributed by atoms with Crippen molar-refractivity contribution in [2.75, 3.05) is 10.5 Å². The molecule has 1 fully saturated rings. The Bertz CT molecular complexity index is 1520. The van der Waals surface area contributed by atoms with Crippen LogP contribution < -0.4 is 15.9 Å². The maximum absolute atomic E-state index is 13.4. The second-order valence-electron chi connectivity index (χ2n) is 11.0. The molecule has 0 spiro atoms. The fourth-order valence-corrected chi connectivity index (χ4v) is 5.60. The molecular weight excluding hydrogens is 506 g/mol. The Labute approximate surface area is 233 Å². The van der Waals surface area contributed by atoms with Crippen LogP contribution >= 0.6 is 0 Å². The van der Waals surface area contributed by atoms with Crippen LogP contribution in [0.2, 0.25) is 0 Å². The number of nitrogens with one attached hydrogen (secondary N) is 2. The van der Waals surface area contributed by atoms with Gasteiger partial charge in [0.1, 0.15) is 5.54 Å². The maximum atomic E-state index is 13.4. The summed E-state index contributed by atoms with van der Waals surface area (Å²) in [5, 5.41) is 25.0. The molecule has 1 saturated carbocycles. The van der Waals surface area contributed by atoms with Gasteiger partial charge in [-0.3, -0.25) is 25.0 Å². The number of fused-ring (bicyclic) bond motifs is 1. The zero-order valence-corrected chi connectivity index (χ0v) is 23.0. The van der Waals surface area contributed by atoms with Gasteiger partial charge in [-0.05, 0) is 86.7 Å². The highest BCUT2D eigenvalue weighted by atomic mass is 16.8. The standard InChI is InChI=1S/C31H35N5O4/c1-31(2,30(38)33-22-13-15-23(16-14-22)36(39)40)34-29(37)21-12-17-24-26(19-21)35(3)28(25-11-7-8-18-32-25)27(24)20-9-5-4-6-10-20/h7-8,11-20,39-40H,4-6,9-10H2,1-3H3,(H,33,38)(H,34,37). The van der Waals surface area contributed by atoms with Gasteiger partial charge < -0.3 is 15.2 Å². The molecule has 1 aliphatic rings. The molecule has 2 amide bonds. The molecule has 0 bridgehead atoms. The van der Waals surface area contributed by atoms with Crippen molar-refractivity contribution >= 4 is 34.1 Å². The quantitative estimate of drug-likeness (QED) is 0.212. The molecule has 9 heteroatoms. The second-order valence-corrected chi connectivity index (χ2v) is 11.0. The van der Waals surface area contributed by atoms with Crippen molar-refractivity contribution in [3.05, 3.63) is 78.0 Å². The van der Waals surface area contributed by atoms with Crippen molar-refractivity contribution in [2.45, 2.75) is 57.4 Å². The number of rotatable bonds is 7. The van der Waals surface area contributed by atoms with E-state index in [4.69, 9.17) is 10.4 Å². The van der Waals surface area contributed by atoms with Crippen LogP contribution in [0.4, 0.5) is 11.4 Å². The summed E-state index contributed by atoms with van der Waals surface area (Å²) in [6.07, 6.45) is 7.80. The number of anilines is 2. The fraction of sp³-hybridized carbons (Fsp3) is 0.323. The molecule has 1 aliphatic carbocycles. The first-order valence-electron chi connectivity index (χ1n) is 13.6. The zero-order chi connectivity index (χ0) is 28.4.